The fourth-order valence-corrected chi connectivity index (χ4v) is 2.28. The summed E-state index contributed by atoms with van der Waals surface area (Å²) in [5.74, 6) is -1.21. The summed E-state index contributed by atoms with van der Waals surface area (Å²) in [4.78, 5) is 8.27. The molecule has 2 N–H and O–H groups in total. The first kappa shape index (κ1) is 16.4. The molecule has 0 aliphatic heterocycles. The zero-order chi connectivity index (χ0) is 17.1. The van der Waals surface area contributed by atoms with Gasteiger partial charge >= 0.3 is 0 Å². The summed E-state index contributed by atoms with van der Waals surface area (Å²) >= 11 is 12.1. The number of hydrogen-bond donors (Lipinski definition) is 2. The van der Waals surface area contributed by atoms with Gasteiger partial charge in [-0.3, -0.25) is 0 Å². The Labute approximate surface area is 146 Å². The van der Waals surface area contributed by atoms with Crippen LogP contribution in [0.2, 0.25) is 10.0 Å². The molecule has 24 heavy (non-hydrogen) atoms. The van der Waals surface area contributed by atoms with E-state index in [1.807, 2.05) is 0 Å². The summed E-state index contributed by atoms with van der Waals surface area (Å²) in [6.07, 6.45) is 1.51. The van der Waals surface area contributed by atoms with Gasteiger partial charge in [-0.1, -0.05) is 29.3 Å². The van der Waals surface area contributed by atoms with Crippen LogP contribution in [0.3, 0.4) is 0 Å². The van der Waals surface area contributed by atoms with Gasteiger partial charge in [-0.25, -0.2) is 13.8 Å². The second-order valence-corrected chi connectivity index (χ2v) is 5.53. The monoisotopic (exact) mass is 366 g/mol. The van der Waals surface area contributed by atoms with Crippen molar-refractivity contribution in [2.24, 2.45) is 0 Å². The Morgan fingerprint density at radius 3 is 2.54 bits per heavy atom. The molecule has 0 fully saturated rings. The highest BCUT2D eigenvalue weighted by Crippen LogP contribution is 2.31. The first-order chi connectivity index (χ1) is 11.5. The van der Waals surface area contributed by atoms with Crippen LogP contribution >= 0.6 is 23.2 Å². The molecule has 3 rings (SSSR count). The number of halogens is 4. The quantitative estimate of drug-likeness (QED) is 0.635. The van der Waals surface area contributed by atoms with Crippen LogP contribution in [0.4, 0.5) is 31.9 Å². The minimum atomic E-state index is -0.958. The first-order valence-electron chi connectivity index (χ1n) is 6.79. The second kappa shape index (κ2) is 6.98. The third-order valence-corrected chi connectivity index (χ3v) is 3.86. The molecule has 0 aliphatic rings. The van der Waals surface area contributed by atoms with E-state index < -0.39 is 11.6 Å². The van der Waals surface area contributed by atoms with Crippen LogP contribution in [-0.4, -0.2) is 9.97 Å². The average molecular weight is 367 g/mol. The summed E-state index contributed by atoms with van der Waals surface area (Å²) < 4.78 is 26.2. The van der Waals surface area contributed by atoms with Gasteiger partial charge in [0.25, 0.3) is 0 Å². The standard InChI is InChI=1S/C16H10Cl2F2N4/c17-10-2-1-3-13(15(10)18)23-14-6-7-21-16(24-14)22-9-4-5-11(19)12(20)8-9/h1-8H,(H2,21,22,23,24). The zero-order valence-corrected chi connectivity index (χ0v) is 13.5. The summed E-state index contributed by atoms with van der Waals surface area (Å²) in [6, 6.07) is 10.2. The molecule has 0 atom stereocenters. The molecule has 1 aromatic heterocycles. The van der Waals surface area contributed by atoms with Crippen LogP contribution in [0.15, 0.2) is 48.7 Å². The van der Waals surface area contributed by atoms with Gasteiger partial charge in [0.15, 0.2) is 11.6 Å². The van der Waals surface area contributed by atoms with Crippen LogP contribution in [0.1, 0.15) is 0 Å². The summed E-state index contributed by atoms with van der Waals surface area (Å²) in [7, 11) is 0. The number of nitrogens with zero attached hydrogens (tertiary/aromatic N) is 2. The third-order valence-electron chi connectivity index (χ3n) is 3.05. The van der Waals surface area contributed by atoms with Crippen molar-refractivity contribution in [2.45, 2.75) is 0 Å². The lowest BCUT2D eigenvalue weighted by molar-refractivity contribution is 0.509. The maximum Gasteiger partial charge on any atom is 0.229 e. The van der Waals surface area contributed by atoms with E-state index >= 15 is 0 Å². The summed E-state index contributed by atoms with van der Waals surface area (Å²) in [5, 5.41) is 6.60. The molecule has 0 bridgehead atoms. The van der Waals surface area contributed by atoms with Gasteiger partial charge < -0.3 is 10.6 Å². The van der Waals surface area contributed by atoms with Crippen LogP contribution < -0.4 is 10.6 Å². The maximum atomic E-state index is 13.2. The van der Waals surface area contributed by atoms with E-state index in [0.29, 0.717) is 27.2 Å². The molecule has 3 aromatic rings. The van der Waals surface area contributed by atoms with Crippen LogP contribution in [0.5, 0.6) is 0 Å². The Morgan fingerprint density at radius 2 is 1.75 bits per heavy atom. The molecule has 2 aromatic carbocycles. The van der Waals surface area contributed by atoms with Crippen molar-refractivity contribution in [3.63, 3.8) is 0 Å². The molecule has 4 nitrogen and oxygen atoms in total. The molecule has 0 amide bonds. The lowest BCUT2D eigenvalue weighted by atomic mass is 10.3. The molecule has 122 valence electrons. The van der Waals surface area contributed by atoms with E-state index in [-0.39, 0.29) is 5.95 Å². The predicted molar refractivity (Wildman–Crippen MR) is 91.4 cm³/mol. The molecule has 1 heterocycles. The molecular weight excluding hydrogens is 357 g/mol. The molecule has 0 spiro atoms. The van der Waals surface area contributed by atoms with Gasteiger partial charge in [0.05, 0.1) is 15.7 Å². The van der Waals surface area contributed by atoms with E-state index in [9.17, 15) is 8.78 Å². The Bertz CT molecular complexity index is 890. The minimum Gasteiger partial charge on any atom is -0.339 e. The normalized spacial score (nSPS) is 10.5. The molecular formula is C16H10Cl2F2N4. The number of hydrogen-bond acceptors (Lipinski definition) is 4. The van der Waals surface area contributed by atoms with Crippen molar-refractivity contribution < 1.29 is 8.78 Å². The van der Waals surface area contributed by atoms with Crippen molar-refractivity contribution in [1.82, 2.24) is 9.97 Å². The topological polar surface area (TPSA) is 49.8 Å². The van der Waals surface area contributed by atoms with Gasteiger partial charge in [0.1, 0.15) is 5.82 Å². The Hall–Kier alpha value is -2.44. The van der Waals surface area contributed by atoms with E-state index in [2.05, 4.69) is 20.6 Å². The van der Waals surface area contributed by atoms with Gasteiger partial charge in [0, 0.05) is 18.0 Å². The number of anilines is 4. The van der Waals surface area contributed by atoms with E-state index in [0.717, 1.165) is 12.1 Å². The molecule has 0 aliphatic carbocycles. The first-order valence-corrected chi connectivity index (χ1v) is 7.54. The highest BCUT2D eigenvalue weighted by molar-refractivity contribution is 6.43. The Balaban J connectivity index is 1.81. The number of benzene rings is 2. The van der Waals surface area contributed by atoms with Crippen molar-refractivity contribution in [1.29, 1.82) is 0 Å². The lowest BCUT2D eigenvalue weighted by Gasteiger charge is -2.10. The largest absolute Gasteiger partial charge is 0.339 e. The Morgan fingerprint density at radius 1 is 0.917 bits per heavy atom. The van der Waals surface area contributed by atoms with Gasteiger partial charge in [0.2, 0.25) is 5.95 Å². The maximum absolute atomic E-state index is 13.2. The number of aromatic nitrogens is 2. The number of rotatable bonds is 4. The molecule has 0 saturated carbocycles. The molecule has 8 heteroatoms. The Kier molecular flexibility index (Phi) is 4.78. The average Bonchev–Trinajstić information content (AvgIpc) is 2.56. The molecule has 0 saturated heterocycles. The second-order valence-electron chi connectivity index (χ2n) is 4.75. The fourth-order valence-electron chi connectivity index (χ4n) is 1.93. The number of nitrogens with one attached hydrogen (secondary N) is 2. The van der Waals surface area contributed by atoms with E-state index in [1.54, 1.807) is 24.3 Å². The minimum absolute atomic E-state index is 0.212. The smallest absolute Gasteiger partial charge is 0.229 e. The van der Waals surface area contributed by atoms with Crippen molar-refractivity contribution >= 4 is 46.3 Å². The zero-order valence-electron chi connectivity index (χ0n) is 12.0. The fraction of sp³-hybridized carbons (Fsp3) is 0. The summed E-state index contributed by atoms with van der Waals surface area (Å²) in [6.45, 7) is 0. The third kappa shape index (κ3) is 3.72. The summed E-state index contributed by atoms with van der Waals surface area (Å²) in [5.41, 5.74) is 0.911. The van der Waals surface area contributed by atoms with Crippen LogP contribution in [0.25, 0.3) is 0 Å². The van der Waals surface area contributed by atoms with E-state index in [1.165, 1.54) is 12.3 Å². The van der Waals surface area contributed by atoms with E-state index in [4.69, 9.17) is 23.2 Å². The van der Waals surface area contributed by atoms with Crippen molar-refractivity contribution in [2.75, 3.05) is 10.6 Å². The van der Waals surface area contributed by atoms with Crippen molar-refractivity contribution in [3.05, 3.63) is 70.3 Å². The van der Waals surface area contributed by atoms with Crippen molar-refractivity contribution in [3.8, 4) is 0 Å². The highest BCUT2D eigenvalue weighted by atomic mass is 35.5. The molecule has 0 radical (unpaired) electrons. The van der Waals surface area contributed by atoms with Gasteiger partial charge in [-0.05, 0) is 30.3 Å². The van der Waals surface area contributed by atoms with Crippen LogP contribution in [-0.2, 0) is 0 Å². The molecule has 0 unspecified atom stereocenters. The lowest BCUT2D eigenvalue weighted by Crippen LogP contribution is -2.01. The highest BCUT2D eigenvalue weighted by Gasteiger charge is 2.07. The predicted octanol–water partition coefficient (Wildman–Crippen LogP) is 5.55. The van der Waals surface area contributed by atoms with Gasteiger partial charge in [-0.2, -0.15) is 4.98 Å². The van der Waals surface area contributed by atoms with Gasteiger partial charge in [-0.15, -0.1) is 0 Å². The van der Waals surface area contributed by atoms with Crippen LogP contribution in [0, 0.1) is 11.6 Å². The SMILES string of the molecule is Fc1ccc(Nc2nccc(Nc3cccc(Cl)c3Cl)n2)cc1F.